The third kappa shape index (κ3) is 4.33. The molecular formula is C21H23N3O2S. The first-order valence-corrected chi connectivity index (χ1v) is 10.4. The van der Waals surface area contributed by atoms with Gasteiger partial charge in [-0.1, -0.05) is 36.9 Å². The van der Waals surface area contributed by atoms with E-state index >= 15 is 0 Å². The summed E-state index contributed by atoms with van der Waals surface area (Å²) < 4.78 is 5.44. The quantitative estimate of drug-likeness (QED) is 0.513. The van der Waals surface area contributed by atoms with Crippen LogP contribution in [0.1, 0.15) is 32.6 Å². The Hall–Kier alpha value is -2.34. The van der Waals surface area contributed by atoms with Gasteiger partial charge in [0.15, 0.2) is 11.6 Å². The predicted octanol–water partition coefficient (Wildman–Crippen LogP) is 4.68. The third-order valence-corrected chi connectivity index (χ3v) is 6.02. The van der Waals surface area contributed by atoms with E-state index in [1.165, 1.54) is 24.6 Å². The number of rotatable bonds is 5. The van der Waals surface area contributed by atoms with Gasteiger partial charge in [0.1, 0.15) is 5.03 Å². The molecule has 140 valence electrons. The maximum atomic E-state index is 12.4. The predicted molar refractivity (Wildman–Crippen MR) is 108 cm³/mol. The van der Waals surface area contributed by atoms with Crippen LogP contribution in [0.2, 0.25) is 0 Å². The van der Waals surface area contributed by atoms with Crippen LogP contribution in [0.3, 0.4) is 0 Å². The first-order chi connectivity index (χ1) is 13.2. The van der Waals surface area contributed by atoms with Crippen molar-refractivity contribution in [3.63, 3.8) is 0 Å². The molecule has 0 atom stereocenters. The summed E-state index contributed by atoms with van der Waals surface area (Å²) in [7, 11) is 0. The Morgan fingerprint density at radius 1 is 1.15 bits per heavy atom. The Morgan fingerprint density at radius 2 is 1.96 bits per heavy atom. The zero-order chi connectivity index (χ0) is 18.6. The molecule has 0 saturated heterocycles. The number of nitrogens with one attached hydrogen (secondary N) is 1. The molecule has 0 spiro atoms. The number of hydrogen-bond acceptors (Lipinski definition) is 5. The van der Waals surface area contributed by atoms with Crippen molar-refractivity contribution in [2.45, 2.75) is 43.7 Å². The zero-order valence-corrected chi connectivity index (χ0v) is 16.2. The molecule has 2 heterocycles. The van der Waals surface area contributed by atoms with Crippen molar-refractivity contribution in [3.05, 3.63) is 42.7 Å². The lowest BCUT2D eigenvalue weighted by Gasteiger charge is -2.26. The lowest BCUT2D eigenvalue weighted by atomic mass is 9.87. The Kier molecular flexibility index (Phi) is 5.43. The van der Waals surface area contributed by atoms with Gasteiger partial charge in [-0.25, -0.2) is 9.97 Å². The summed E-state index contributed by atoms with van der Waals surface area (Å²) >= 11 is 1.45. The average molecular weight is 382 g/mol. The van der Waals surface area contributed by atoms with Gasteiger partial charge in [0.2, 0.25) is 5.91 Å². The number of carbonyl (C=O) groups is 1. The normalized spacial score (nSPS) is 19.9. The number of para-hydroxylation sites is 1. The molecule has 2 aromatic heterocycles. The lowest BCUT2D eigenvalue weighted by Crippen LogP contribution is -2.38. The summed E-state index contributed by atoms with van der Waals surface area (Å²) in [5.41, 5.74) is 0.850. The van der Waals surface area contributed by atoms with Gasteiger partial charge < -0.3 is 9.73 Å². The first-order valence-electron chi connectivity index (χ1n) is 9.42. The van der Waals surface area contributed by atoms with Crippen molar-refractivity contribution >= 4 is 28.6 Å². The van der Waals surface area contributed by atoms with Crippen molar-refractivity contribution in [1.82, 2.24) is 15.3 Å². The van der Waals surface area contributed by atoms with Crippen LogP contribution in [0.5, 0.6) is 0 Å². The van der Waals surface area contributed by atoms with E-state index < -0.39 is 0 Å². The molecular weight excluding hydrogens is 358 g/mol. The van der Waals surface area contributed by atoms with Crippen LogP contribution in [-0.4, -0.2) is 27.7 Å². The average Bonchev–Trinajstić information content (AvgIpc) is 3.22. The molecule has 6 heteroatoms. The van der Waals surface area contributed by atoms with E-state index in [-0.39, 0.29) is 5.91 Å². The van der Waals surface area contributed by atoms with Gasteiger partial charge in [-0.15, -0.1) is 0 Å². The summed E-state index contributed by atoms with van der Waals surface area (Å²) in [6, 6.07) is 11.8. The number of hydrogen-bond donors (Lipinski definition) is 1. The van der Waals surface area contributed by atoms with E-state index in [4.69, 9.17) is 4.42 Å². The SMILES string of the molecule is CC1CCC(NC(=O)CSc2nc(-c3ccco3)nc3ccccc23)CC1. The summed E-state index contributed by atoms with van der Waals surface area (Å²) in [6.07, 6.45) is 6.16. The largest absolute Gasteiger partial charge is 0.461 e. The van der Waals surface area contributed by atoms with Gasteiger partial charge in [-0.3, -0.25) is 4.79 Å². The Balaban J connectivity index is 1.48. The van der Waals surface area contributed by atoms with Crippen molar-refractivity contribution in [1.29, 1.82) is 0 Å². The van der Waals surface area contributed by atoms with Crippen LogP contribution in [0.15, 0.2) is 52.1 Å². The molecule has 0 bridgehead atoms. The number of fused-ring (bicyclic) bond motifs is 1. The second-order valence-electron chi connectivity index (χ2n) is 7.16. The molecule has 3 aromatic rings. The van der Waals surface area contributed by atoms with Crippen LogP contribution in [0.25, 0.3) is 22.5 Å². The summed E-state index contributed by atoms with van der Waals surface area (Å²) in [5, 5.41) is 4.94. The van der Waals surface area contributed by atoms with Crippen LogP contribution in [0.4, 0.5) is 0 Å². The fourth-order valence-electron chi connectivity index (χ4n) is 3.48. The summed E-state index contributed by atoms with van der Waals surface area (Å²) in [5.74, 6) is 2.37. The molecule has 0 unspecified atom stereocenters. The highest BCUT2D eigenvalue weighted by Crippen LogP contribution is 2.29. The lowest BCUT2D eigenvalue weighted by molar-refractivity contribution is -0.119. The Labute approximate surface area is 163 Å². The molecule has 1 N–H and O–H groups in total. The number of thioether (sulfide) groups is 1. The highest BCUT2D eigenvalue weighted by molar-refractivity contribution is 8.00. The molecule has 0 radical (unpaired) electrons. The van der Waals surface area contributed by atoms with Crippen molar-refractivity contribution in [2.75, 3.05) is 5.75 Å². The molecule has 1 saturated carbocycles. The first kappa shape index (κ1) is 18.0. The maximum absolute atomic E-state index is 12.4. The van der Waals surface area contributed by atoms with E-state index in [0.29, 0.717) is 23.4 Å². The maximum Gasteiger partial charge on any atom is 0.230 e. The molecule has 1 aromatic carbocycles. The second kappa shape index (κ2) is 8.13. The monoisotopic (exact) mass is 381 g/mol. The topological polar surface area (TPSA) is 68.0 Å². The van der Waals surface area contributed by atoms with Crippen LogP contribution in [0, 0.1) is 5.92 Å². The van der Waals surface area contributed by atoms with E-state index in [1.807, 2.05) is 36.4 Å². The molecule has 4 rings (SSSR count). The van der Waals surface area contributed by atoms with Crippen molar-refractivity contribution < 1.29 is 9.21 Å². The molecule has 5 nitrogen and oxygen atoms in total. The fraction of sp³-hybridized carbons (Fsp3) is 0.381. The molecule has 1 amide bonds. The van der Waals surface area contributed by atoms with E-state index in [9.17, 15) is 4.79 Å². The number of benzene rings is 1. The van der Waals surface area contributed by atoms with E-state index in [1.54, 1.807) is 6.26 Å². The number of nitrogens with zero attached hydrogens (tertiary/aromatic N) is 2. The standard InChI is InChI=1S/C21H23N3O2S/c1-14-8-10-15(11-9-14)22-19(25)13-27-21-16-5-2-3-6-17(16)23-20(24-21)18-7-4-12-26-18/h2-7,12,14-15H,8-11,13H2,1H3,(H,22,25). The molecule has 1 aliphatic rings. The summed E-state index contributed by atoms with van der Waals surface area (Å²) in [6.45, 7) is 2.28. The zero-order valence-electron chi connectivity index (χ0n) is 15.4. The summed E-state index contributed by atoms with van der Waals surface area (Å²) in [4.78, 5) is 21.7. The van der Waals surface area contributed by atoms with Crippen LogP contribution in [-0.2, 0) is 4.79 Å². The minimum atomic E-state index is 0.0711. The number of amides is 1. The van der Waals surface area contributed by atoms with Gasteiger partial charge in [0.05, 0.1) is 17.5 Å². The highest BCUT2D eigenvalue weighted by Gasteiger charge is 2.20. The molecule has 27 heavy (non-hydrogen) atoms. The minimum Gasteiger partial charge on any atom is -0.461 e. The van der Waals surface area contributed by atoms with E-state index in [2.05, 4.69) is 22.2 Å². The Bertz CT molecular complexity index is 918. The smallest absolute Gasteiger partial charge is 0.230 e. The van der Waals surface area contributed by atoms with Crippen LogP contribution >= 0.6 is 11.8 Å². The number of carbonyl (C=O) groups excluding carboxylic acids is 1. The second-order valence-corrected chi connectivity index (χ2v) is 8.12. The van der Waals surface area contributed by atoms with Crippen LogP contribution < -0.4 is 5.32 Å². The number of furan rings is 1. The third-order valence-electron chi connectivity index (χ3n) is 5.03. The molecule has 1 aliphatic carbocycles. The number of aromatic nitrogens is 2. The van der Waals surface area contributed by atoms with Gasteiger partial charge >= 0.3 is 0 Å². The van der Waals surface area contributed by atoms with Gasteiger partial charge in [0, 0.05) is 11.4 Å². The van der Waals surface area contributed by atoms with Crippen molar-refractivity contribution in [3.8, 4) is 11.6 Å². The van der Waals surface area contributed by atoms with Gasteiger partial charge in [-0.05, 0) is 49.8 Å². The van der Waals surface area contributed by atoms with Crippen molar-refractivity contribution in [2.24, 2.45) is 5.92 Å². The fourth-order valence-corrected chi connectivity index (χ4v) is 4.31. The highest BCUT2D eigenvalue weighted by atomic mass is 32.2. The molecule has 1 fully saturated rings. The van der Waals surface area contributed by atoms with Gasteiger partial charge in [0.25, 0.3) is 0 Å². The minimum absolute atomic E-state index is 0.0711. The van der Waals surface area contributed by atoms with Gasteiger partial charge in [-0.2, -0.15) is 0 Å². The van der Waals surface area contributed by atoms with E-state index in [0.717, 1.165) is 34.7 Å². The molecule has 0 aliphatic heterocycles. The Morgan fingerprint density at radius 3 is 2.74 bits per heavy atom.